The number of para-hydroxylation sites is 1. The summed E-state index contributed by atoms with van der Waals surface area (Å²) in [4.78, 5) is 5.52. The van der Waals surface area contributed by atoms with Crippen molar-refractivity contribution in [3.8, 4) is 101 Å². The Morgan fingerprint density at radius 2 is 0.504 bits per heavy atom. The smallest absolute Gasteiger partial charge is 0.252 e. The minimum atomic E-state index is -0.730. The molecule has 3 heterocycles. The molecule has 0 atom stereocenters. The van der Waals surface area contributed by atoms with Gasteiger partial charge < -0.3 is 14.5 Å². The molecule has 1 aliphatic carbocycles. The van der Waals surface area contributed by atoms with Crippen LogP contribution >= 0.6 is 0 Å². The van der Waals surface area contributed by atoms with Crippen LogP contribution in [0.1, 0.15) is 180 Å². The number of ether oxygens (including phenoxy) is 1. The van der Waals surface area contributed by atoms with Gasteiger partial charge in [-0.3, -0.25) is 0 Å². The second kappa shape index (κ2) is 28.0. The zero-order chi connectivity index (χ0) is 82.8. The van der Waals surface area contributed by atoms with Crippen LogP contribution < -0.4 is 30.9 Å². The van der Waals surface area contributed by atoms with Crippen LogP contribution in [0.25, 0.3) is 89.0 Å². The fourth-order valence-electron chi connectivity index (χ4n) is 19.3. The molecular weight excluding hydrogens is 1440 g/mol. The maximum atomic E-state index is 7.34. The summed E-state index contributed by atoms with van der Waals surface area (Å²) in [6, 6.07) is 125. The van der Waals surface area contributed by atoms with E-state index in [1.807, 2.05) is 0 Å². The molecular formula is C115H107BN2O. The van der Waals surface area contributed by atoms with E-state index in [1.165, 1.54) is 83.1 Å². The van der Waals surface area contributed by atoms with Crippen molar-refractivity contribution < 1.29 is 4.74 Å². The Bertz CT molecular complexity index is 6030. The first-order chi connectivity index (χ1) is 56.8. The molecule has 19 rings (SSSR count). The Morgan fingerprint density at radius 1 is 0.218 bits per heavy atom. The van der Waals surface area contributed by atoms with Crippen LogP contribution in [0.15, 0.2) is 322 Å². The van der Waals surface area contributed by atoms with Gasteiger partial charge in [0.2, 0.25) is 0 Å². The molecule has 15 aromatic carbocycles. The van der Waals surface area contributed by atoms with Crippen LogP contribution in [0.2, 0.25) is 0 Å². The fourth-order valence-corrected chi connectivity index (χ4v) is 19.3. The lowest BCUT2D eigenvalue weighted by atomic mass is 9.33. The number of hydrogen-bond donors (Lipinski definition) is 0. The molecule has 0 fully saturated rings. The van der Waals surface area contributed by atoms with Crippen molar-refractivity contribution in [2.45, 2.75) is 163 Å². The molecule has 0 saturated heterocycles. The van der Waals surface area contributed by atoms with Gasteiger partial charge >= 0.3 is 0 Å². The lowest BCUT2D eigenvalue weighted by Crippen LogP contribution is -2.61. The van der Waals surface area contributed by atoms with E-state index < -0.39 is 5.41 Å². The van der Waals surface area contributed by atoms with E-state index in [4.69, 9.17) is 4.74 Å². The SMILES string of the molecule is CC(C)(C)c1cc(-c2ccc3c(c2)N(c2c(-c4ccccc4)cc(C(C)(C)C)cc2-c2ccccc2)c2cc(-c4ccc5c(c4)C4(c6ccccc6O5)c5ccccc5-c5ccccc54)cc4c2B3c2ccc(-c3cc(C(C)(C)C)cc(C(C)(C)C)c3)cc2N4c2c(-c3ccccc3)cc(C(C)(C)C)cc2-c2ccccc2)cc(C(C)(C)C)c1. The molecule has 0 radical (unpaired) electrons. The Kier molecular flexibility index (Phi) is 18.0. The highest BCUT2D eigenvalue weighted by Gasteiger charge is 2.52. The summed E-state index contributed by atoms with van der Waals surface area (Å²) < 4.78 is 7.34. The van der Waals surface area contributed by atoms with Gasteiger partial charge in [-0.2, -0.15) is 0 Å². The lowest BCUT2D eigenvalue weighted by Gasteiger charge is -2.46. The molecule has 15 aromatic rings. The Morgan fingerprint density at radius 3 is 0.866 bits per heavy atom. The van der Waals surface area contributed by atoms with E-state index >= 15 is 0 Å². The molecule has 0 aromatic heterocycles. The number of hydrogen-bond acceptors (Lipinski definition) is 3. The van der Waals surface area contributed by atoms with E-state index in [0.717, 1.165) is 124 Å². The van der Waals surface area contributed by atoms with E-state index in [9.17, 15) is 0 Å². The van der Waals surface area contributed by atoms with Crippen molar-refractivity contribution >= 4 is 57.2 Å². The second-order valence-corrected chi connectivity index (χ2v) is 40.1. The summed E-state index contributed by atoms with van der Waals surface area (Å²) in [6.07, 6.45) is 0. The van der Waals surface area contributed by atoms with Gasteiger partial charge in [0.1, 0.15) is 11.5 Å². The van der Waals surface area contributed by atoms with Crippen LogP contribution in [0.4, 0.5) is 34.1 Å². The normalized spacial score (nSPS) is 13.9. The monoisotopic (exact) mass is 1540 g/mol. The molecule has 586 valence electrons. The molecule has 0 unspecified atom stereocenters. The van der Waals surface area contributed by atoms with Crippen molar-refractivity contribution in [3.05, 3.63) is 377 Å². The van der Waals surface area contributed by atoms with Gasteiger partial charge in [0.25, 0.3) is 6.71 Å². The highest BCUT2D eigenvalue weighted by Crippen LogP contribution is 2.64. The topological polar surface area (TPSA) is 15.7 Å². The van der Waals surface area contributed by atoms with Crippen LogP contribution in [0.5, 0.6) is 11.5 Å². The minimum Gasteiger partial charge on any atom is -0.457 e. The molecule has 4 aliphatic rings. The van der Waals surface area contributed by atoms with Crippen LogP contribution in [-0.2, 0) is 37.9 Å². The van der Waals surface area contributed by atoms with Gasteiger partial charge in [-0.15, -0.1) is 0 Å². The third kappa shape index (κ3) is 13.0. The molecule has 0 bridgehead atoms. The molecule has 0 N–H and O–H groups in total. The van der Waals surface area contributed by atoms with Crippen molar-refractivity contribution in [1.82, 2.24) is 0 Å². The number of rotatable bonds is 9. The number of anilines is 6. The standard InChI is InChI=1S/C115H107BN2O/c1-109(2,3)82-57-79(58-83(66-82)110(4,5)6)77-51-54-98-100(62-77)117(107-90(72-37-23-19-24-38-72)68-86(113(13,14)15)69-91(107)73-39-25-20-26-40-73)102-64-81(76-53-56-105-97(61-76)115(96-49-35-36-50-104(96)119-105)94-47-33-31-45-88(94)89-46-32-34-48-95(89)115)65-103-106(102)116(98)99-55-52-78(80-59-84(111(7,8)9)67-85(60-80)112(10,11)12)63-101(99)118(103)108-92(74-41-27-21-28-42-74)70-87(114(16,17)18)71-93(108)75-43-29-22-30-44-75/h19-71H,1-18H3. The Balaban J connectivity index is 1.02. The van der Waals surface area contributed by atoms with Gasteiger partial charge in [-0.25, -0.2) is 0 Å². The Hall–Kier alpha value is -12.2. The first kappa shape index (κ1) is 76.7. The maximum absolute atomic E-state index is 7.34. The zero-order valence-electron chi connectivity index (χ0n) is 72.5. The predicted octanol–water partition coefficient (Wildman–Crippen LogP) is 29.7. The van der Waals surface area contributed by atoms with Gasteiger partial charge in [-0.1, -0.05) is 379 Å². The fraction of sp³-hybridized carbons (Fsp3) is 0.217. The van der Waals surface area contributed by atoms with Gasteiger partial charge in [0, 0.05) is 56.1 Å². The molecule has 3 nitrogen and oxygen atoms in total. The van der Waals surface area contributed by atoms with Crippen LogP contribution in [0.3, 0.4) is 0 Å². The summed E-state index contributed by atoms with van der Waals surface area (Å²) in [6.45, 7) is 42.3. The third-order valence-corrected chi connectivity index (χ3v) is 26.0. The van der Waals surface area contributed by atoms with E-state index in [2.05, 4.69) is 456 Å². The molecule has 3 aliphatic heterocycles. The average molecular weight is 1540 g/mol. The molecule has 0 amide bonds. The average Bonchev–Trinajstić information content (AvgIpc) is 1.49. The van der Waals surface area contributed by atoms with Crippen molar-refractivity contribution in [2.24, 2.45) is 0 Å². The van der Waals surface area contributed by atoms with Gasteiger partial charge in [0.15, 0.2) is 0 Å². The Labute approximate surface area is 707 Å². The zero-order valence-corrected chi connectivity index (χ0v) is 72.5. The number of nitrogens with zero attached hydrogens (tertiary/aromatic N) is 2. The second-order valence-electron chi connectivity index (χ2n) is 40.1. The maximum Gasteiger partial charge on any atom is 0.252 e. The lowest BCUT2D eigenvalue weighted by molar-refractivity contribution is 0.436. The molecule has 0 saturated carbocycles. The summed E-state index contributed by atoms with van der Waals surface area (Å²) in [5, 5.41) is 0. The summed E-state index contributed by atoms with van der Waals surface area (Å²) in [5.41, 5.74) is 39.8. The quantitative estimate of drug-likeness (QED) is 0.134. The van der Waals surface area contributed by atoms with E-state index in [1.54, 1.807) is 0 Å². The van der Waals surface area contributed by atoms with Crippen molar-refractivity contribution in [3.63, 3.8) is 0 Å². The largest absolute Gasteiger partial charge is 0.457 e. The van der Waals surface area contributed by atoms with E-state index in [0.29, 0.717) is 0 Å². The van der Waals surface area contributed by atoms with Crippen molar-refractivity contribution in [1.29, 1.82) is 0 Å². The van der Waals surface area contributed by atoms with Crippen LogP contribution in [-0.4, -0.2) is 6.71 Å². The van der Waals surface area contributed by atoms with Crippen molar-refractivity contribution in [2.75, 3.05) is 9.80 Å². The summed E-state index contributed by atoms with van der Waals surface area (Å²) in [5.74, 6) is 1.71. The summed E-state index contributed by atoms with van der Waals surface area (Å²) in [7, 11) is 0. The predicted molar refractivity (Wildman–Crippen MR) is 508 cm³/mol. The summed E-state index contributed by atoms with van der Waals surface area (Å²) >= 11 is 0. The molecule has 1 spiro atoms. The number of benzene rings is 15. The third-order valence-electron chi connectivity index (χ3n) is 26.0. The van der Waals surface area contributed by atoms with Gasteiger partial charge in [-0.05, 0) is 227 Å². The molecule has 4 heteroatoms. The molecule has 119 heavy (non-hydrogen) atoms. The first-order valence-electron chi connectivity index (χ1n) is 42.9. The highest BCUT2D eigenvalue weighted by atomic mass is 16.5. The van der Waals surface area contributed by atoms with E-state index in [-0.39, 0.29) is 39.2 Å². The van der Waals surface area contributed by atoms with Crippen LogP contribution in [0, 0.1) is 0 Å². The van der Waals surface area contributed by atoms with Gasteiger partial charge in [0.05, 0.1) is 16.8 Å². The first-order valence-corrected chi connectivity index (χ1v) is 42.9. The number of fused-ring (bicyclic) bond motifs is 13. The minimum absolute atomic E-state index is 0.130. The highest BCUT2D eigenvalue weighted by molar-refractivity contribution is 7.00.